The fourth-order valence-corrected chi connectivity index (χ4v) is 4.09. The first-order valence-electron chi connectivity index (χ1n) is 11.3. The summed E-state index contributed by atoms with van der Waals surface area (Å²) in [4.78, 5) is 4.38. The number of aromatic amines is 1. The molecular formula is C23H29ClN8. The van der Waals surface area contributed by atoms with Gasteiger partial charge in [0.2, 0.25) is 5.28 Å². The molecule has 3 heterocycles. The molecule has 0 atom stereocenters. The highest BCUT2D eigenvalue weighted by Gasteiger charge is 2.15. The van der Waals surface area contributed by atoms with Crippen molar-refractivity contribution < 1.29 is 0 Å². The number of tetrazole rings is 1. The van der Waals surface area contributed by atoms with E-state index in [1.807, 2.05) is 4.68 Å². The molecule has 0 bridgehead atoms. The number of rotatable bonds is 11. The first-order valence-corrected chi connectivity index (χ1v) is 11.7. The van der Waals surface area contributed by atoms with Crippen LogP contribution in [-0.4, -0.2) is 40.0 Å². The Bertz CT molecular complexity index is 1110. The minimum absolute atomic E-state index is 0.307. The fourth-order valence-electron chi connectivity index (χ4n) is 3.90. The van der Waals surface area contributed by atoms with E-state index in [4.69, 9.17) is 11.6 Å². The first-order chi connectivity index (χ1) is 15.7. The van der Waals surface area contributed by atoms with E-state index in [9.17, 15) is 0 Å². The lowest BCUT2D eigenvalue weighted by Gasteiger charge is -2.13. The highest BCUT2D eigenvalue weighted by molar-refractivity contribution is 6.28. The summed E-state index contributed by atoms with van der Waals surface area (Å²) in [6, 6.07) is 12.8. The number of nitrogens with zero attached hydrogens (tertiary/aromatic N) is 7. The lowest BCUT2D eigenvalue weighted by molar-refractivity contribution is 0.618. The van der Waals surface area contributed by atoms with Gasteiger partial charge in [0.25, 0.3) is 0 Å². The van der Waals surface area contributed by atoms with Crippen molar-refractivity contribution in [3.05, 3.63) is 58.8 Å². The van der Waals surface area contributed by atoms with Gasteiger partial charge in [0, 0.05) is 17.8 Å². The number of hydrogen-bond acceptors (Lipinski definition) is 5. The molecule has 0 saturated carbocycles. The smallest absolute Gasteiger partial charge is 0.242 e. The van der Waals surface area contributed by atoms with Crippen LogP contribution in [0.15, 0.2) is 36.4 Å². The Kier molecular flexibility index (Phi) is 7.32. The molecule has 0 aliphatic heterocycles. The van der Waals surface area contributed by atoms with Gasteiger partial charge in [-0.05, 0) is 71.1 Å². The summed E-state index contributed by atoms with van der Waals surface area (Å²) < 4.78 is 4.14. The normalized spacial score (nSPS) is 11.3. The number of aromatic nitrogens is 8. The van der Waals surface area contributed by atoms with Gasteiger partial charge in [-0.25, -0.2) is 14.8 Å². The Morgan fingerprint density at radius 3 is 2.47 bits per heavy atom. The van der Waals surface area contributed by atoms with Crippen molar-refractivity contribution in [3.8, 4) is 17.2 Å². The molecule has 32 heavy (non-hydrogen) atoms. The first kappa shape index (κ1) is 22.2. The van der Waals surface area contributed by atoms with Crippen molar-refractivity contribution in [2.45, 2.75) is 65.3 Å². The number of aryl methyl sites for hydroxylation is 2. The molecule has 0 spiro atoms. The molecule has 0 amide bonds. The van der Waals surface area contributed by atoms with Crippen LogP contribution in [0.2, 0.25) is 5.28 Å². The molecule has 0 aliphatic rings. The second-order valence-corrected chi connectivity index (χ2v) is 8.32. The van der Waals surface area contributed by atoms with Gasteiger partial charge in [-0.2, -0.15) is 0 Å². The lowest BCUT2D eigenvalue weighted by Crippen LogP contribution is -2.08. The molecule has 8 nitrogen and oxygen atoms in total. The molecule has 3 aromatic heterocycles. The number of halogens is 1. The third kappa shape index (κ3) is 5.07. The fraction of sp³-hybridized carbons (Fsp3) is 0.435. The summed E-state index contributed by atoms with van der Waals surface area (Å²) >= 11 is 6.07. The van der Waals surface area contributed by atoms with Gasteiger partial charge in [-0.1, -0.05) is 45.2 Å². The van der Waals surface area contributed by atoms with Crippen LogP contribution in [0.25, 0.3) is 17.2 Å². The van der Waals surface area contributed by atoms with Crippen molar-refractivity contribution in [1.82, 2.24) is 40.0 Å². The Hall–Kier alpha value is -3.00. The Morgan fingerprint density at radius 1 is 0.938 bits per heavy atom. The van der Waals surface area contributed by atoms with Crippen LogP contribution < -0.4 is 0 Å². The van der Waals surface area contributed by atoms with Crippen LogP contribution in [0.4, 0.5) is 0 Å². The molecular weight excluding hydrogens is 424 g/mol. The van der Waals surface area contributed by atoms with Gasteiger partial charge < -0.3 is 4.57 Å². The SMILES string of the molecule is CCCCCc1ccc(-c2nnn[nH]2)n1-c1ccc(Cn2nc(Cl)nc2CCCC)cc1. The highest BCUT2D eigenvalue weighted by atomic mass is 35.5. The molecule has 0 unspecified atom stereocenters. The zero-order valence-corrected chi connectivity index (χ0v) is 19.4. The molecule has 0 saturated heterocycles. The van der Waals surface area contributed by atoms with Crippen LogP contribution in [0, 0.1) is 0 Å². The van der Waals surface area contributed by atoms with Gasteiger partial charge >= 0.3 is 0 Å². The predicted molar refractivity (Wildman–Crippen MR) is 125 cm³/mol. The predicted octanol–water partition coefficient (Wildman–Crippen LogP) is 5.03. The van der Waals surface area contributed by atoms with Crippen molar-refractivity contribution in [3.63, 3.8) is 0 Å². The molecule has 1 aromatic carbocycles. The summed E-state index contributed by atoms with van der Waals surface area (Å²) in [5.74, 6) is 1.60. The summed E-state index contributed by atoms with van der Waals surface area (Å²) in [6.45, 7) is 5.04. The molecule has 9 heteroatoms. The number of benzene rings is 1. The molecule has 168 valence electrons. The Morgan fingerprint density at radius 2 is 1.75 bits per heavy atom. The third-order valence-electron chi connectivity index (χ3n) is 5.59. The molecule has 0 radical (unpaired) electrons. The maximum Gasteiger partial charge on any atom is 0.242 e. The van der Waals surface area contributed by atoms with E-state index in [0.29, 0.717) is 17.7 Å². The summed E-state index contributed by atoms with van der Waals surface area (Å²) in [5.41, 5.74) is 4.44. The lowest BCUT2D eigenvalue weighted by atomic mass is 10.1. The van der Waals surface area contributed by atoms with E-state index in [-0.39, 0.29) is 0 Å². The maximum atomic E-state index is 6.07. The molecule has 4 rings (SSSR count). The average Bonchev–Trinajstić information content (AvgIpc) is 3.53. The van der Waals surface area contributed by atoms with Gasteiger partial charge in [0.05, 0.1) is 12.2 Å². The minimum atomic E-state index is 0.307. The number of hydrogen-bond donors (Lipinski definition) is 1. The van der Waals surface area contributed by atoms with Crippen LogP contribution in [0.1, 0.15) is 63.0 Å². The zero-order chi connectivity index (χ0) is 22.3. The standard InChI is InChI=1S/C23H29ClN8/c1-3-5-7-8-18-14-15-20(22-26-29-30-27-22)32(18)19-12-10-17(11-13-19)16-31-21(9-6-4-2)25-23(24)28-31/h10-15H,3-9,16H2,1-2H3,(H,26,27,29,30). The van der Waals surface area contributed by atoms with Gasteiger partial charge in [0.15, 0.2) is 5.82 Å². The Balaban J connectivity index is 1.59. The van der Waals surface area contributed by atoms with Crippen molar-refractivity contribution in [2.24, 2.45) is 0 Å². The third-order valence-corrected chi connectivity index (χ3v) is 5.75. The van der Waals surface area contributed by atoms with E-state index in [1.54, 1.807) is 0 Å². The quantitative estimate of drug-likeness (QED) is 0.322. The van der Waals surface area contributed by atoms with Crippen LogP contribution in [-0.2, 0) is 19.4 Å². The van der Waals surface area contributed by atoms with Crippen LogP contribution in [0.5, 0.6) is 0 Å². The summed E-state index contributed by atoms with van der Waals surface area (Å²) in [6.07, 6.45) is 7.63. The second kappa shape index (κ2) is 10.5. The van der Waals surface area contributed by atoms with E-state index < -0.39 is 0 Å². The van der Waals surface area contributed by atoms with Gasteiger partial charge in [-0.3, -0.25) is 0 Å². The molecule has 1 N–H and O–H groups in total. The van der Waals surface area contributed by atoms with Crippen LogP contribution in [0.3, 0.4) is 0 Å². The van der Waals surface area contributed by atoms with E-state index in [2.05, 4.69) is 85.5 Å². The van der Waals surface area contributed by atoms with Gasteiger partial charge in [0.1, 0.15) is 5.82 Å². The summed E-state index contributed by atoms with van der Waals surface area (Å²) in [7, 11) is 0. The topological polar surface area (TPSA) is 90.1 Å². The van der Waals surface area contributed by atoms with Crippen molar-refractivity contribution in [2.75, 3.05) is 0 Å². The second-order valence-electron chi connectivity index (χ2n) is 7.98. The molecule has 0 fully saturated rings. The van der Waals surface area contributed by atoms with E-state index in [0.717, 1.165) is 54.9 Å². The number of H-pyrrole nitrogens is 1. The van der Waals surface area contributed by atoms with Crippen molar-refractivity contribution >= 4 is 11.6 Å². The molecule has 0 aliphatic carbocycles. The number of unbranched alkanes of at least 4 members (excludes halogenated alkanes) is 3. The van der Waals surface area contributed by atoms with E-state index >= 15 is 0 Å². The summed E-state index contributed by atoms with van der Waals surface area (Å²) in [5, 5.41) is 19.2. The van der Waals surface area contributed by atoms with Crippen molar-refractivity contribution in [1.29, 1.82) is 0 Å². The number of nitrogens with one attached hydrogen (secondary N) is 1. The zero-order valence-electron chi connectivity index (χ0n) is 18.6. The minimum Gasteiger partial charge on any atom is -0.311 e. The average molecular weight is 453 g/mol. The van der Waals surface area contributed by atoms with Gasteiger partial charge in [-0.15, -0.1) is 10.2 Å². The Labute approximate surface area is 193 Å². The largest absolute Gasteiger partial charge is 0.311 e. The highest BCUT2D eigenvalue weighted by Crippen LogP contribution is 2.25. The maximum absolute atomic E-state index is 6.07. The monoisotopic (exact) mass is 452 g/mol. The molecule has 4 aromatic rings. The van der Waals surface area contributed by atoms with E-state index in [1.165, 1.54) is 18.5 Å². The van der Waals surface area contributed by atoms with Crippen LogP contribution >= 0.6 is 11.6 Å².